The lowest BCUT2D eigenvalue weighted by molar-refractivity contribution is 0.567. The normalized spacial score (nSPS) is 17.0. The number of allylic oxidation sites excluding steroid dienone is 5. The Bertz CT molecular complexity index is 215. The third-order valence-electron chi connectivity index (χ3n) is 1.40. The first-order valence-corrected chi connectivity index (χ1v) is 2.92. The molecule has 0 bridgehead atoms. The summed E-state index contributed by atoms with van der Waals surface area (Å²) >= 11 is 0. The van der Waals surface area contributed by atoms with Crippen LogP contribution < -0.4 is 0 Å². The van der Waals surface area contributed by atoms with Crippen molar-refractivity contribution in [3.63, 3.8) is 0 Å². The Balaban J connectivity index is 2.96. The molecule has 1 aliphatic rings. The Kier molecular flexibility index (Phi) is 1.66. The van der Waals surface area contributed by atoms with Crippen molar-refractivity contribution in [1.82, 2.24) is 0 Å². The third kappa shape index (κ3) is 1.18. The first kappa shape index (κ1) is 6.06. The van der Waals surface area contributed by atoms with Crippen LogP contribution in [0.4, 0.5) is 0 Å². The summed E-state index contributed by atoms with van der Waals surface area (Å²) in [6.45, 7) is 1.92. The second-order valence-corrected chi connectivity index (χ2v) is 2.06. The molecule has 0 unspecified atom stereocenters. The molecule has 0 aliphatic heterocycles. The molecule has 0 amide bonds. The zero-order valence-electron chi connectivity index (χ0n) is 5.35. The molecule has 0 saturated heterocycles. The molecule has 0 N–H and O–H groups in total. The molecule has 0 aromatic rings. The molecule has 0 atom stereocenters. The molecule has 0 saturated carbocycles. The van der Waals surface area contributed by atoms with E-state index in [1.807, 2.05) is 31.1 Å². The molecule has 46 valence electrons. The number of carbonyl (C=O) groups excluding carboxylic acids is 1. The Morgan fingerprint density at radius 1 is 1.67 bits per heavy atom. The summed E-state index contributed by atoms with van der Waals surface area (Å²) in [4.78, 5) is 10.1. The van der Waals surface area contributed by atoms with Gasteiger partial charge in [-0.05, 0) is 12.5 Å². The second-order valence-electron chi connectivity index (χ2n) is 2.06. The van der Waals surface area contributed by atoms with E-state index >= 15 is 0 Å². The van der Waals surface area contributed by atoms with Crippen LogP contribution in [-0.4, -0.2) is 5.94 Å². The van der Waals surface area contributed by atoms with Crippen LogP contribution in [0.3, 0.4) is 0 Å². The smallest absolute Gasteiger partial charge is 0.128 e. The van der Waals surface area contributed by atoms with E-state index in [0.29, 0.717) is 0 Å². The van der Waals surface area contributed by atoms with Crippen molar-refractivity contribution in [2.45, 2.75) is 13.3 Å². The highest BCUT2D eigenvalue weighted by Crippen LogP contribution is 2.14. The van der Waals surface area contributed by atoms with Crippen molar-refractivity contribution in [2.75, 3.05) is 0 Å². The molecular weight excluding hydrogens is 112 g/mol. The van der Waals surface area contributed by atoms with Gasteiger partial charge in [0.25, 0.3) is 0 Å². The predicted molar refractivity (Wildman–Crippen MR) is 36.7 cm³/mol. The predicted octanol–water partition coefficient (Wildman–Crippen LogP) is 1.65. The molecule has 0 spiro atoms. The topological polar surface area (TPSA) is 17.1 Å². The summed E-state index contributed by atoms with van der Waals surface area (Å²) in [5.74, 6) is 1.90. The van der Waals surface area contributed by atoms with Crippen LogP contribution in [0.2, 0.25) is 0 Å². The van der Waals surface area contributed by atoms with E-state index < -0.39 is 0 Å². The SMILES string of the molecule is CC1=CC=CCC1=C=O. The van der Waals surface area contributed by atoms with E-state index in [-0.39, 0.29) is 0 Å². The van der Waals surface area contributed by atoms with Crippen molar-refractivity contribution in [3.05, 3.63) is 29.4 Å². The van der Waals surface area contributed by atoms with Gasteiger partial charge in [-0.2, -0.15) is 0 Å². The Morgan fingerprint density at radius 3 is 2.89 bits per heavy atom. The molecule has 0 radical (unpaired) electrons. The zero-order chi connectivity index (χ0) is 6.69. The summed E-state index contributed by atoms with van der Waals surface area (Å²) < 4.78 is 0. The summed E-state index contributed by atoms with van der Waals surface area (Å²) in [7, 11) is 0. The Morgan fingerprint density at radius 2 is 2.44 bits per heavy atom. The summed E-state index contributed by atoms with van der Waals surface area (Å²) in [6.07, 6.45) is 6.57. The van der Waals surface area contributed by atoms with Gasteiger partial charge in [-0.1, -0.05) is 18.2 Å². The average Bonchev–Trinajstić information content (AvgIpc) is 1.89. The molecule has 1 heteroatoms. The molecular formula is C8H8O. The highest BCUT2D eigenvalue weighted by molar-refractivity contribution is 5.62. The first-order chi connectivity index (χ1) is 4.34. The van der Waals surface area contributed by atoms with Crippen molar-refractivity contribution in [1.29, 1.82) is 0 Å². The molecule has 1 aliphatic carbocycles. The number of hydrogen-bond donors (Lipinski definition) is 0. The minimum Gasteiger partial charge on any atom is -0.233 e. The highest BCUT2D eigenvalue weighted by Gasteiger charge is 2.00. The number of rotatable bonds is 0. The van der Waals surface area contributed by atoms with Crippen LogP contribution in [0.5, 0.6) is 0 Å². The van der Waals surface area contributed by atoms with Crippen molar-refractivity contribution < 1.29 is 4.79 Å². The lowest BCUT2D eigenvalue weighted by Crippen LogP contribution is -1.88. The zero-order valence-corrected chi connectivity index (χ0v) is 5.35. The molecule has 0 fully saturated rings. The fourth-order valence-corrected chi connectivity index (χ4v) is 0.782. The minimum absolute atomic E-state index is 0.742. The van der Waals surface area contributed by atoms with Crippen LogP contribution in [0.1, 0.15) is 13.3 Å². The van der Waals surface area contributed by atoms with E-state index in [0.717, 1.165) is 17.6 Å². The van der Waals surface area contributed by atoms with Crippen LogP contribution in [0, 0.1) is 0 Å². The fraction of sp³-hybridized carbons (Fsp3) is 0.250. The average molecular weight is 120 g/mol. The summed E-state index contributed by atoms with van der Waals surface area (Å²) in [5.41, 5.74) is 1.81. The maximum Gasteiger partial charge on any atom is 0.128 e. The van der Waals surface area contributed by atoms with Gasteiger partial charge in [0.05, 0.1) is 0 Å². The molecule has 0 aromatic carbocycles. The van der Waals surface area contributed by atoms with Gasteiger partial charge in [-0.25, -0.2) is 4.79 Å². The lowest BCUT2D eigenvalue weighted by Gasteiger charge is -2.01. The van der Waals surface area contributed by atoms with Gasteiger partial charge in [0, 0.05) is 12.0 Å². The van der Waals surface area contributed by atoms with E-state index in [1.165, 1.54) is 0 Å². The molecule has 0 heterocycles. The second kappa shape index (κ2) is 2.47. The first-order valence-electron chi connectivity index (χ1n) is 2.92. The quantitative estimate of drug-likeness (QED) is 0.444. The fourth-order valence-electron chi connectivity index (χ4n) is 0.782. The van der Waals surface area contributed by atoms with E-state index in [1.54, 1.807) is 0 Å². The van der Waals surface area contributed by atoms with Crippen LogP contribution in [0.25, 0.3) is 0 Å². The maximum absolute atomic E-state index is 10.1. The van der Waals surface area contributed by atoms with E-state index in [2.05, 4.69) is 0 Å². The van der Waals surface area contributed by atoms with Crippen LogP contribution in [0.15, 0.2) is 29.4 Å². The van der Waals surface area contributed by atoms with Gasteiger partial charge in [0.15, 0.2) is 0 Å². The molecule has 9 heavy (non-hydrogen) atoms. The number of hydrogen-bond acceptors (Lipinski definition) is 1. The van der Waals surface area contributed by atoms with E-state index in [9.17, 15) is 4.79 Å². The van der Waals surface area contributed by atoms with Gasteiger partial charge >= 0.3 is 0 Å². The van der Waals surface area contributed by atoms with Crippen molar-refractivity contribution >= 4 is 5.94 Å². The van der Waals surface area contributed by atoms with Crippen LogP contribution >= 0.6 is 0 Å². The molecule has 1 nitrogen and oxygen atoms in total. The van der Waals surface area contributed by atoms with Gasteiger partial charge in [-0.15, -0.1) is 0 Å². The molecule has 1 rings (SSSR count). The van der Waals surface area contributed by atoms with Crippen molar-refractivity contribution in [2.24, 2.45) is 0 Å². The maximum atomic E-state index is 10.1. The molecule has 0 aromatic heterocycles. The minimum atomic E-state index is 0.742. The van der Waals surface area contributed by atoms with E-state index in [4.69, 9.17) is 0 Å². The Labute approximate surface area is 54.4 Å². The summed E-state index contributed by atoms with van der Waals surface area (Å²) in [5, 5.41) is 0. The van der Waals surface area contributed by atoms with Gasteiger partial charge in [-0.3, -0.25) is 0 Å². The van der Waals surface area contributed by atoms with Crippen molar-refractivity contribution in [3.8, 4) is 0 Å². The third-order valence-corrected chi connectivity index (χ3v) is 1.40. The largest absolute Gasteiger partial charge is 0.233 e. The van der Waals surface area contributed by atoms with Gasteiger partial charge < -0.3 is 0 Å². The standard InChI is InChI=1S/C8H8O/c1-7-4-2-3-5-8(7)6-9/h2-4H,5H2,1H3. The van der Waals surface area contributed by atoms with Gasteiger partial charge in [0.1, 0.15) is 5.94 Å². The lowest BCUT2D eigenvalue weighted by atomic mass is 10.0. The Hall–Kier alpha value is -1.07. The van der Waals surface area contributed by atoms with Crippen LogP contribution in [-0.2, 0) is 4.79 Å². The van der Waals surface area contributed by atoms with Gasteiger partial charge in [0.2, 0.25) is 0 Å². The summed E-state index contributed by atoms with van der Waals surface area (Å²) in [6, 6.07) is 0. The highest BCUT2D eigenvalue weighted by atomic mass is 16.1. The monoisotopic (exact) mass is 120 g/mol.